The highest BCUT2D eigenvalue weighted by Crippen LogP contribution is 2.10. The number of thiocarbonyl (C=S) groups is 1. The van der Waals surface area contributed by atoms with E-state index in [1.807, 2.05) is 30.3 Å². The lowest BCUT2D eigenvalue weighted by molar-refractivity contribution is -0.121. The van der Waals surface area contributed by atoms with Gasteiger partial charge in [-0.15, -0.1) is 0 Å². The second-order valence-electron chi connectivity index (χ2n) is 5.36. The monoisotopic (exact) mass is 387 g/mol. The molecule has 2 amide bonds. The normalized spacial score (nSPS) is 10.3. The maximum Gasteiger partial charge on any atom is 0.250 e. The van der Waals surface area contributed by atoms with Gasteiger partial charge in [-0.1, -0.05) is 54.1 Å². The summed E-state index contributed by atoms with van der Waals surface area (Å²) in [4.78, 5) is 23.6. The maximum atomic E-state index is 11.8. The summed E-state index contributed by atoms with van der Waals surface area (Å²) < 4.78 is 0. The third-order valence-electron chi connectivity index (χ3n) is 3.33. The fourth-order valence-corrected chi connectivity index (χ4v) is 2.30. The molecular weight excluding hydrogens is 370 g/mol. The molecule has 26 heavy (non-hydrogen) atoms. The molecule has 0 atom stereocenters. The minimum atomic E-state index is -0.406. The van der Waals surface area contributed by atoms with Gasteiger partial charge in [-0.3, -0.25) is 25.8 Å². The highest BCUT2D eigenvalue weighted by molar-refractivity contribution is 7.80. The largest absolute Gasteiger partial charge is 0.298 e. The van der Waals surface area contributed by atoms with Crippen molar-refractivity contribution in [1.29, 1.82) is 0 Å². The molecule has 2 aromatic rings. The van der Waals surface area contributed by atoms with Gasteiger partial charge >= 0.3 is 0 Å². The third-order valence-corrected chi connectivity index (χ3v) is 3.79. The van der Waals surface area contributed by atoms with Crippen molar-refractivity contribution in [3.05, 3.63) is 76.8 Å². The van der Waals surface area contributed by atoms with E-state index >= 15 is 0 Å². The smallest absolute Gasteiger partial charge is 0.250 e. The molecule has 0 fully saturated rings. The molecule has 0 spiro atoms. The molecule has 0 aliphatic heterocycles. The summed E-state index contributed by atoms with van der Waals surface area (Å²) in [7, 11) is 0. The molecule has 0 aliphatic rings. The van der Waals surface area contributed by atoms with Crippen LogP contribution < -0.4 is 16.2 Å². The number of halogens is 1. The molecule has 2 rings (SSSR count). The second kappa shape index (κ2) is 10.3. The molecule has 0 saturated heterocycles. The fraction of sp³-hybridized carbons (Fsp3) is 0.105. The Bertz CT molecular complexity index is 792. The Morgan fingerprint density at radius 3 is 2.38 bits per heavy atom. The first kappa shape index (κ1) is 19.6. The molecule has 0 saturated carbocycles. The van der Waals surface area contributed by atoms with Crippen molar-refractivity contribution < 1.29 is 9.59 Å². The lowest BCUT2D eigenvalue weighted by atomic mass is 10.1. The molecule has 134 valence electrons. The van der Waals surface area contributed by atoms with Crippen molar-refractivity contribution in [1.82, 2.24) is 16.2 Å². The Balaban J connectivity index is 1.68. The van der Waals surface area contributed by atoms with Crippen molar-refractivity contribution in [3.63, 3.8) is 0 Å². The van der Waals surface area contributed by atoms with Gasteiger partial charge in [-0.25, -0.2) is 0 Å². The Kier molecular flexibility index (Phi) is 7.79. The topological polar surface area (TPSA) is 70.2 Å². The number of rotatable bonds is 5. The zero-order chi connectivity index (χ0) is 18.8. The van der Waals surface area contributed by atoms with E-state index in [1.54, 1.807) is 30.3 Å². The summed E-state index contributed by atoms with van der Waals surface area (Å²) in [5.41, 5.74) is 6.86. The molecule has 0 radical (unpaired) electrons. The highest BCUT2D eigenvalue weighted by atomic mass is 35.5. The Morgan fingerprint density at radius 1 is 1.00 bits per heavy atom. The Labute approximate surface area is 162 Å². The van der Waals surface area contributed by atoms with Crippen LogP contribution in [0.4, 0.5) is 0 Å². The predicted octanol–water partition coefficient (Wildman–Crippen LogP) is 3.01. The number of amides is 2. The third kappa shape index (κ3) is 7.46. The van der Waals surface area contributed by atoms with Crippen LogP contribution in [0.5, 0.6) is 0 Å². The Morgan fingerprint density at radius 2 is 1.69 bits per heavy atom. The predicted molar refractivity (Wildman–Crippen MR) is 107 cm³/mol. The summed E-state index contributed by atoms with van der Waals surface area (Å²) >= 11 is 10.8. The van der Waals surface area contributed by atoms with Crippen LogP contribution in [-0.2, 0) is 16.0 Å². The molecular formula is C19H18ClN3O2S. The minimum Gasteiger partial charge on any atom is -0.298 e. The zero-order valence-corrected chi connectivity index (χ0v) is 15.4. The molecule has 3 N–H and O–H groups in total. The van der Waals surface area contributed by atoms with Crippen LogP contribution in [0.2, 0.25) is 5.02 Å². The van der Waals surface area contributed by atoms with Crippen LogP contribution in [-0.4, -0.2) is 16.9 Å². The average Bonchev–Trinajstić information content (AvgIpc) is 2.65. The van der Waals surface area contributed by atoms with E-state index in [9.17, 15) is 9.59 Å². The molecule has 0 aromatic heterocycles. The van der Waals surface area contributed by atoms with Crippen molar-refractivity contribution in [2.45, 2.75) is 12.8 Å². The van der Waals surface area contributed by atoms with Gasteiger partial charge in [-0.05, 0) is 48.0 Å². The van der Waals surface area contributed by atoms with Crippen molar-refractivity contribution >= 4 is 46.8 Å². The number of hydrazine groups is 1. The molecule has 0 bridgehead atoms. The quantitative estimate of drug-likeness (QED) is 0.419. The van der Waals surface area contributed by atoms with Gasteiger partial charge < -0.3 is 0 Å². The first-order valence-electron chi connectivity index (χ1n) is 7.90. The van der Waals surface area contributed by atoms with E-state index in [0.717, 1.165) is 11.1 Å². The molecule has 7 heteroatoms. The lowest BCUT2D eigenvalue weighted by Gasteiger charge is -2.09. The van der Waals surface area contributed by atoms with Gasteiger partial charge in [0, 0.05) is 17.5 Å². The van der Waals surface area contributed by atoms with Crippen LogP contribution in [0.15, 0.2) is 60.7 Å². The highest BCUT2D eigenvalue weighted by Gasteiger charge is 2.04. The summed E-state index contributed by atoms with van der Waals surface area (Å²) in [5, 5.41) is 3.09. The second-order valence-corrected chi connectivity index (χ2v) is 6.21. The number of aryl methyl sites for hydroxylation is 1. The van der Waals surface area contributed by atoms with E-state index in [-0.39, 0.29) is 11.0 Å². The van der Waals surface area contributed by atoms with Crippen molar-refractivity contribution in [2.75, 3.05) is 0 Å². The van der Waals surface area contributed by atoms with E-state index in [0.29, 0.717) is 17.9 Å². The molecule has 5 nitrogen and oxygen atoms in total. The number of hydrogen-bond donors (Lipinski definition) is 3. The van der Waals surface area contributed by atoms with E-state index in [2.05, 4.69) is 16.2 Å². The first-order chi connectivity index (χ1) is 12.5. The molecule has 0 heterocycles. The lowest BCUT2D eigenvalue weighted by Crippen LogP contribution is -2.48. The first-order valence-corrected chi connectivity index (χ1v) is 8.69. The Hall–Kier alpha value is -2.70. The van der Waals surface area contributed by atoms with Crippen molar-refractivity contribution in [2.24, 2.45) is 0 Å². The molecule has 2 aromatic carbocycles. The van der Waals surface area contributed by atoms with Gasteiger partial charge in [-0.2, -0.15) is 0 Å². The summed E-state index contributed by atoms with van der Waals surface area (Å²) in [6.07, 6.45) is 3.91. The fourth-order valence-electron chi connectivity index (χ4n) is 2.02. The maximum absolute atomic E-state index is 11.8. The summed E-state index contributed by atoms with van der Waals surface area (Å²) in [5.74, 6) is -0.627. The molecule has 0 aliphatic carbocycles. The number of hydrogen-bond acceptors (Lipinski definition) is 3. The van der Waals surface area contributed by atoms with Crippen molar-refractivity contribution in [3.8, 4) is 0 Å². The van der Waals surface area contributed by atoms with Gasteiger partial charge in [0.2, 0.25) is 11.8 Å². The van der Waals surface area contributed by atoms with Crippen LogP contribution in [0.25, 0.3) is 6.08 Å². The number of benzene rings is 2. The number of nitrogens with one attached hydrogen (secondary N) is 3. The summed E-state index contributed by atoms with van der Waals surface area (Å²) in [6, 6.07) is 16.7. The zero-order valence-electron chi connectivity index (χ0n) is 13.9. The van der Waals surface area contributed by atoms with E-state index < -0.39 is 5.91 Å². The van der Waals surface area contributed by atoms with Gasteiger partial charge in [0.15, 0.2) is 5.11 Å². The number of carbonyl (C=O) groups excluding carboxylic acids is 2. The van der Waals surface area contributed by atoms with Gasteiger partial charge in [0.25, 0.3) is 0 Å². The van der Waals surface area contributed by atoms with Crippen LogP contribution in [0, 0.1) is 0 Å². The SMILES string of the molecule is O=C(/C=C/c1ccc(Cl)cc1)NC(=S)NNC(=O)CCc1ccccc1. The summed E-state index contributed by atoms with van der Waals surface area (Å²) in [6.45, 7) is 0. The standard InChI is InChI=1S/C19H18ClN3O2S/c20-16-10-6-15(7-11-16)8-12-17(24)21-19(26)23-22-18(25)13-9-14-4-2-1-3-5-14/h1-8,10-12H,9,13H2,(H,22,25)(H2,21,23,24,26)/b12-8+. The number of carbonyl (C=O) groups is 2. The van der Waals surface area contributed by atoms with Crippen LogP contribution in [0.3, 0.4) is 0 Å². The van der Waals surface area contributed by atoms with E-state index in [4.69, 9.17) is 23.8 Å². The average molecular weight is 388 g/mol. The van der Waals surface area contributed by atoms with Gasteiger partial charge in [0.05, 0.1) is 0 Å². The van der Waals surface area contributed by atoms with Gasteiger partial charge in [0.1, 0.15) is 0 Å². The van der Waals surface area contributed by atoms with E-state index in [1.165, 1.54) is 6.08 Å². The van der Waals surface area contributed by atoms with Crippen LogP contribution >= 0.6 is 23.8 Å². The molecule has 0 unspecified atom stereocenters. The minimum absolute atomic E-state index is 0.0174. The van der Waals surface area contributed by atoms with Crippen LogP contribution in [0.1, 0.15) is 17.5 Å².